The predicted molar refractivity (Wildman–Crippen MR) is 52.3 cm³/mol. The molecule has 76 valence electrons. The molecule has 0 aromatic heterocycles. The molecule has 0 fully saturated rings. The largest absolute Gasteiger partial charge is 0.301 e. The lowest BCUT2D eigenvalue weighted by Gasteiger charge is -2.24. The summed E-state index contributed by atoms with van der Waals surface area (Å²) in [5.41, 5.74) is 1.24. The smallest absolute Gasteiger partial charge is 0.261 e. The van der Waals surface area contributed by atoms with Crippen molar-refractivity contribution in [2.75, 3.05) is 6.54 Å². The van der Waals surface area contributed by atoms with Gasteiger partial charge in [-0.1, -0.05) is 18.2 Å². The number of nitrogens with zero attached hydrogens (tertiary/aromatic N) is 1. The van der Waals surface area contributed by atoms with Crippen LogP contribution in [-0.2, 0) is 16.0 Å². The summed E-state index contributed by atoms with van der Waals surface area (Å²) in [6, 6.07) is 6.95. The number of fused-ring (bicyclic) bond motifs is 1. The van der Waals surface area contributed by atoms with Crippen LogP contribution >= 0.6 is 0 Å². The van der Waals surface area contributed by atoms with Gasteiger partial charge in [-0.25, -0.2) is 0 Å². The summed E-state index contributed by atoms with van der Waals surface area (Å²) in [5.74, 6) is -0.695. The summed E-state index contributed by atoms with van der Waals surface area (Å²) < 4.78 is 0. The summed E-state index contributed by atoms with van der Waals surface area (Å²) in [5, 5.41) is 0. The highest BCUT2D eigenvalue weighted by Gasteiger charge is 2.29. The number of carbonyl (C=O) groups is 3. The second-order valence-corrected chi connectivity index (χ2v) is 3.31. The Morgan fingerprint density at radius 3 is 2.73 bits per heavy atom. The van der Waals surface area contributed by atoms with Gasteiger partial charge in [-0.2, -0.15) is 0 Å². The first kappa shape index (κ1) is 9.58. The minimum atomic E-state index is -0.381. The van der Waals surface area contributed by atoms with Crippen LogP contribution in [0, 0.1) is 0 Å². The van der Waals surface area contributed by atoms with E-state index in [0.29, 0.717) is 11.8 Å². The average Bonchev–Trinajstić information content (AvgIpc) is 2.24. The predicted octanol–water partition coefficient (Wildman–Crippen LogP) is 0.410. The van der Waals surface area contributed by atoms with Gasteiger partial charge in [0, 0.05) is 5.56 Å². The van der Waals surface area contributed by atoms with E-state index >= 15 is 0 Å². The maximum atomic E-state index is 11.8. The van der Waals surface area contributed by atoms with Crippen LogP contribution in [0.3, 0.4) is 0 Å². The molecule has 0 saturated heterocycles. The van der Waals surface area contributed by atoms with Crippen molar-refractivity contribution in [1.82, 2.24) is 4.90 Å². The highest BCUT2D eigenvalue weighted by atomic mass is 16.2. The quantitative estimate of drug-likeness (QED) is 0.516. The Balaban J connectivity index is 2.42. The van der Waals surface area contributed by atoms with Crippen LogP contribution in [0.4, 0.5) is 0 Å². The second-order valence-electron chi connectivity index (χ2n) is 3.31. The van der Waals surface area contributed by atoms with E-state index in [4.69, 9.17) is 0 Å². The number of imide groups is 1. The van der Waals surface area contributed by atoms with Gasteiger partial charge in [0.25, 0.3) is 5.91 Å². The molecule has 1 aromatic rings. The minimum absolute atomic E-state index is 0.161. The Morgan fingerprint density at radius 1 is 1.27 bits per heavy atom. The zero-order valence-electron chi connectivity index (χ0n) is 7.97. The maximum Gasteiger partial charge on any atom is 0.261 e. The fraction of sp³-hybridized carbons (Fsp3) is 0.182. The molecule has 0 spiro atoms. The number of rotatable bonds is 2. The van der Waals surface area contributed by atoms with Crippen molar-refractivity contribution in [3.63, 3.8) is 0 Å². The lowest BCUT2D eigenvalue weighted by molar-refractivity contribution is -0.130. The van der Waals surface area contributed by atoms with Gasteiger partial charge in [-0.3, -0.25) is 14.5 Å². The second kappa shape index (κ2) is 3.65. The van der Waals surface area contributed by atoms with Crippen molar-refractivity contribution >= 4 is 18.1 Å². The molecule has 1 aliphatic heterocycles. The summed E-state index contributed by atoms with van der Waals surface area (Å²) in [4.78, 5) is 34.6. The van der Waals surface area contributed by atoms with E-state index in [0.717, 1.165) is 10.5 Å². The van der Waals surface area contributed by atoms with E-state index in [9.17, 15) is 14.4 Å². The summed E-state index contributed by atoms with van der Waals surface area (Å²) >= 11 is 0. The Hall–Kier alpha value is -1.97. The Labute approximate surface area is 86.5 Å². The zero-order chi connectivity index (χ0) is 10.8. The Morgan fingerprint density at radius 2 is 2.00 bits per heavy atom. The highest BCUT2D eigenvalue weighted by molar-refractivity contribution is 6.10. The van der Waals surface area contributed by atoms with Crippen molar-refractivity contribution in [3.05, 3.63) is 35.4 Å². The molecule has 2 rings (SSSR count). The van der Waals surface area contributed by atoms with Crippen molar-refractivity contribution in [1.29, 1.82) is 0 Å². The summed E-state index contributed by atoms with van der Waals surface area (Å²) in [6.45, 7) is -0.161. The standard InChI is InChI=1S/C11H9NO3/c13-6-5-12-10(14)7-8-3-1-2-4-9(8)11(12)15/h1-4,6H,5,7H2. The summed E-state index contributed by atoms with van der Waals surface area (Å²) in [6.07, 6.45) is 0.749. The van der Waals surface area contributed by atoms with Crippen LogP contribution in [-0.4, -0.2) is 29.5 Å². The van der Waals surface area contributed by atoms with Crippen molar-refractivity contribution in [3.8, 4) is 0 Å². The molecule has 0 atom stereocenters. The zero-order valence-corrected chi connectivity index (χ0v) is 7.97. The van der Waals surface area contributed by atoms with E-state index in [2.05, 4.69) is 0 Å². The molecular weight excluding hydrogens is 194 g/mol. The lowest BCUT2D eigenvalue weighted by Crippen LogP contribution is -2.43. The molecule has 2 amide bonds. The Kier molecular flexibility index (Phi) is 2.33. The number of hydrogen-bond donors (Lipinski definition) is 0. The first-order chi connectivity index (χ1) is 7.24. The molecule has 0 unspecified atom stereocenters. The van der Waals surface area contributed by atoms with Crippen LogP contribution in [0.25, 0.3) is 0 Å². The van der Waals surface area contributed by atoms with Gasteiger partial charge in [0.15, 0.2) is 0 Å². The van der Waals surface area contributed by atoms with Gasteiger partial charge >= 0.3 is 0 Å². The third-order valence-electron chi connectivity index (χ3n) is 2.39. The van der Waals surface area contributed by atoms with Crippen LogP contribution < -0.4 is 0 Å². The van der Waals surface area contributed by atoms with E-state index in [1.54, 1.807) is 24.3 Å². The SMILES string of the molecule is O=CCN1C(=O)Cc2ccccc2C1=O. The number of benzene rings is 1. The third kappa shape index (κ3) is 1.54. The summed E-state index contributed by atoms with van der Waals surface area (Å²) in [7, 11) is 0. The number of amides is 2. The molecule has 0 N–H and O–H groups in total. The van der Waals surface area contributed by atoms with Crippen LogP contribution in [0.1, 0.15) is 15.9 Å². The molecule has 15 heavy (non-hydrogen) atoms. The van der Waals surface area contributed by atoms with Gasteiger partial charge in [0.2, 0.25) is 5.91 Å². The first-order valence-corrected chi connectivity index (χ1v) is 4.60. The normalized spacial score (nSPS) is 15.1. The van der Waals surface area contributed by atoms with Crippen molar-refractivity contribution in [2.45, 2.75) is 6.42 Å². The molecule has 0 aliphatic carbocycles. The van der Waals surface area contributed by atoms with E-state index in [1.807, 2.05) is 0 Å². The number of aldehydes is 1. The average molecular weight is 203 g/mol. The maximum absolute atomic E-state index is 11.8. The number of carbonyl (C=O) groups excluding carboxylic acids is 3. The molecule has 0 saturated carbocycles. The molecule has 0 bridgehead atoms. The van der Waals surface area contributed by atoms with Crippen LogP contribution in [0.15, 0.2) is 24.3 Å². The van der Waals surface area contributed by atoms with E-state index < -0.39 is 0 Å². The third-order valence-corrected chi connectivity index (χ3v) is 2.39. The van der Waals surface area contributed by atoms with Gasteiger partial charge < -0.3 is 4.79 Å². The monoisotopic (exact) mass is 203 g/mol. The van der Waals surface area contributed by atoms with E-state index in [1.165, 1.54) is 0 Å². The van der Waals surface area contributed by atoms with Gasteiger partial charge in [0.05, 0.1) is 13.0 Å². The Bertz CT molecular complexity index is 439. The molecule has 1 aliphatic rings. The van der Waals surface area contributed by atoms with Gasteiger partial charge in [-0.05, 0) is 11.6 Å². The molecule has 4 nitrogen and oxygen atoms in total. The molecule has 1 heterocycles. The first-order valence-electron chi connectivity index (χ1n) is 4.60. The minimum Gasteiger partial charge on any atom is -0.301 e. The number of hydrogen-bond acceptors (Lipinski definition) is 3. The molecular formula is C11H9NO3. The van der Waals surface area contributed by atoms with Crippen molar-refractivity contribution < 1.29 is 14.4 Å². The van der Waals surface area contributed by atoms with Gasteiger partial charge in [-0.15, -0.1) is 0 Å². The molecule has 4 heteroatoms. The van der Waals surface area contributed by atoms with Crippen molar-refractivity contribution in [2.24, 2.45) is 0 Å². The fourth-order valence-electron chi connectivity index (χ4n) is 1.66. The van der Waals surface area contributed by atoms with Crippen LogP contribution in [0.5, 0.6) is 0 Å². The molecule has 1 aromatic carbocycles. The molecule has 0 radical (unpaired) electrons. The fourth-order valence-corrected chi connectivity index (χ4v) is 1.66. The van der Waals surface area contributed by atoms with Gasteiger partial charge in [0.1, 0.15) is 6.29 Å². The highest BCUT2D eigenvalue weighted by Crippen LogP contribution is 2.18. The van der Waals surface area contributed by atoms with E-state index in [-0.39, 0.29) is 24.8 Å². The van der Waals surface area contributed by atoms with Crippen LogP contribution in [0.2, 0.25) is 0 Å². The lowest BCUT2D eigenvalue weighted by atomic mass is 9.99. The topological polar surface area (TPSA) is 54.5 Å².